The van der Waals surface area contributed by atoms with Crippen molar-refractivity contribution in [2.75, 3.05) is 11.4 Å². The van der Waals surface area contributed by atoms with Crippen LogP contribution in [0.15, 0.2) is 36.7 Å². The third-order valence-electron chi connectivity index (χ3n) is 5.21. The smallest absolute Gasteiger partial charge is 0.254 e. The Hall–Kier alpha value is -2.96. The zero-order valence-electron chi connectivity index (χ0n) is 15.0. The Morgan fingerprint density at radius 2 is 2.08 bits per heavy atom. The molecule has 1 saturated heterocycles. The van der Waals surface area contributed by atoms with Crippen LogP contribution < -0.4 is 4.90 Å². The molecule has 4 aromatic rings. The van der Waals surface area contributed by atoms with Crippen LogP contribution >= 0.6 is 0 Å². The SMILES string of the molecule is CCn1c([C@@H]2CCCN2c2cc(C)nc3ncnn23)nc2ccccc21. The molecule has 5 rings (SSSR count). The fourth-order valence-electron chi connectivity index (χ4n) is 4.11. The minimum absolute atomic E-state index is 0.233. The van der Waals surface area contributed by atoms with E-state index in [1.165, 1.54) is 5.52 Å². The molecule has 1 fully saturated rings. The van der Waals surface area contributed by atoms with E-state index in [2.05, 4.69) is 61.8 Å². The predicted octanol–water partition coefficient (Wildman–Crippen LogP) is 3.14. The number of hydrogen-bond donors (Lipinski definition) is 0. The highest BCUT2D eigenvalue weighted by molar-refractivity contribution is 5.76. The van der Waals surface area contributed by atoms with E-state index in [9.17, 15) is 0 Å². The van der Waals surface area contributed by atoms with E-state index in [4.69, 9.17) is 4.98 Å². The van der Waals surface area contributed by atoms with Gasteiger partial charge in [-0.1, -0.05) is 12.1 Å². The molecule has 1 atom stereocenters. The van der Waals surface area contributed by atoms with Crippen LogP contribution in [0.2, 0.25) is 0 Å². The molecule has 7 heteroatoms. The molecule has 4 heterocycles. The Labute approximate surface area is 151 Å². The van der Waals surface area contributed by atoms with E-state index in [0.29, 0.717) is 5.78 Å². The molecule has 1 aromatic carbocycles. The van der Waals surface area contributed by atoms with Crippen LogP contribution in [-0.4, -0.2) is 35.7 Å². The number of nitrogens with zero attached hydrogens (tertiary/aromatic N) is 7. The lowest BCUT2D eigenvalue weighted by Crippen LogP contribution is -2.27. The summed E-state index contributed by atoms with van der Waals surface area (Å²) < 4.78 is 4.18. The van der Waals surface area contributed by atoms with E-state index in [1.54, 1.807) is 6.33 Å². The lowest BCUT2D eigenvalue weighted by molar-refractivity contribution is 0.601. The van der Waals surface area contributed by atoms with Crippen LogP contribution in [-0.2, 0) is 6.54 Å². The Morgan fingerprint density at radius 3 is 2.96 bits per heavy atom. The van der Waals surface area contributed by atoms with Gasteiger partial charge in [-0.15, -0.1) is 0 Å². The molecule has 0 amide bonds. The van der Waals surface area contributed by atoms with Crippen molar-refractivity contribution in [2.45, 2.75) is 39.3 Å². The van der Waals surface area contributed by atoms with Crippen molar-refractivity contribution in [1.29, 1.82) is 0 Å². The third kappa shape index (κ3) is 2.20. The van der Waals surface area contributed by atoms with Crippen molar-refractivity contribution in [2.24, 2.45) is 0 Å². The first-order valence-corrected chi connectivity index (χ1v) is 9.15. The second kappa shape index (κ2) is 5.79. The summed E-state index contributed by atoms with van der Waals surface area (Å²) in [6.07, 6.45) is 3.79. The summed E-state index contributed by atoms with van der Waals surface area (Å²) in [6, 6.07) is 10.7. The van der Waals surface area contributed by atoms with Crippen LogP contribution in [0.25, 0.3) is 16.8 Å². The van der Waals surface area contributed by atoms with Crippen LogP contribution in [0.3, 0.4) is 0 Å². The van der Waals surface area contributed by atoms with Gasteiger partial charge in [0.05, 0.1) is 17.1 Å². The molecule has 1 aliphatic rings. The normalized spacial score (nSPS) is 17.6. The number of aryl methyl sites for hydroxylation is 2. The van der Waals surface area contributed by atoms with Crippen molar-refractivity contribution in [3.8, 4) is 0 Å². The molecule has 7 nitrogen and oxygen atoms in total. The first-order valence-electron chi connectivity index (χ1n) is 9.15. The average molecular weight is 347 g/mol. The number of benzene rings is 1. The lowest BCUT2D eigenvalue weighted by Gasteiger charge is -2.27. The minimum Gasteiger partial charge on any atom is -0.346 e. The van der Waals surface area contributed by atoms with E-state index in [1.807, 2.05) is 11.4 Å². The Kier molecular flexibility index (Phi) is 3.41. The molecular formula is C19H21N7. The summed E-state index contributed by atoms with van der Waals surface area (Å²) in [5.74, 6) is 2.82. The summed E-state index contributed by atoms with van der Waals surface area (Å²) in [5.41, 5.74) is 3.22. The first kappa shape index (κ1) is 15.3. The van der Waals surface area contributed by atoms with Gasteiger partial charge >= 0.3 is 0 Å². The quantitative estimate of drug-likeness (QED) is 0.570. The summed E-state index contributed by atoms with van der Waals surface area (Å²) in [4.78, 5) is 16.1. The highest BCUT2D eigenvalue weighted by atomic mass is 15.4. The average Bonchev–Trinajstić information content (AvgIpc) is 3.37. The van der Waals surface area contributed by atoms with Crippen molar-refractivity contribution in [3.63, 3.8) is 0 Å². The standard InChI is InChI=1S/C19H21N7/c1-3-24-15-8-5-4-7-14(15)23-18(24)16-9-6-10-25(16)17-11-13(2)22-19-20-12-21-26(17)19/h4-5,7-8,11-12,16H,3,6,9-10H2,1-2H3/t16-/m0/s1. The zero-order chi connectivity index (χ0) is 17.7. The van der Waals surface area contributed by atoms with Gasteiger partial charge in [0.2, 0.25) is 0 Å². The molecule has 1 aliphatic heterocycles. The zero-order valence-corrected chi connectivity index (χ0v) is 15.0. The van der Waals surface area contributed by atoms with Crippen LogP contribution in [0.5, 0.6) is 0 Å². The summed E-state index contributed by atoms with van der Waals surface area (Å²) in [6.45, 7) is 6.08. The molecule has 0 bridgehead atoms. The Bertz CT molecular complexity index is 1090. The van der Waals surface area contributed by atoms with Crippen LogP contribution in [0.4, 0.5) is 5.82 Å². The number of rotatable bonds is 3. The fourth-order valence-corrected chi connectivity index (χ4v) is 4.11. The van der Waals surface area contributed by atoms with Crippen molar-refractivity contribution in [3.05, 3.63) is 48.2 Å². The van der Waals surface area contributed by atoms with Gasteiger partial charge in [-0.2, -0.15) is 14.6 Å². The summed E-state index contributed by atoms with van der Waals surface area (Å²) in [7, 11) is 0. The first-order chi connectivity index (χ1) is 12.8. The van der Waals surface area contributed by atoms with E-state index in [-0.39, 0.29) is 6.04 Å². The monoisotopic (exact) mass is 347 g/mol. The highest BCUT2D eigenvalue weighted by Gasteiger charge is 2.32. The second-order valence-electron chi connectivity index (χ2n) is 6.78. The Morgan fingerprint density at radius 1 is 1.19 bits per heavy atom. The number of imidazole rings is 1. The number of hydrogen-bond acceptors (Lipinski definition) is 5. The van der Waals surface area contributed by atoms with Gasteiger partial charge < -0.3 is 9.47 Å². The molecule has 0 spiro atoms. The van der Waals surface area contributed by atoms with Crippen molar-refractivity contribution in [1.82, 2.24) is 29.1 Å². The van der Waals surface area contributed by atoms with Gasteiger partial charge in [0.15, 0.2) is 0 Å². The molecule has 0 N–H and O–H groups in total. The van der Waals surface area contributed by atoms with Crippen LogP contribution in [0.1, 0.15) is 37.3 Å². The van der Waals surface area contributed by atoms with Gasteiger partial charge in [0, 0.05) is 24.8 Å². The van der Waals surface area contributed by atoms with E-state index < -0.39 is 0 Å². The van der Waals surface area contributed by atoms with Crippen LogP contribution in [0, 0.1) is 6.92 Å². The topological polar surface area (TPSA) is 64.1 Å². The predicted molar refractivity (Wildman–Crippen MR) is 100 cm³/mol. The number of aromatic nitrogens is 6. The van der Waals surface area contributed by atoms with Gasteiger partial charge in [-0.3, -0.25) is 0 Å². The largest absolute Gasteiger partial charge is 0.346 e. The number of anilines is 1. The van der Waals surface area contributed by atoms with Crippen molar-refractivity contribution >= 4 is 22.6 Å². The summed E-state index contributed by atoms with van der Waals surface area (Å²) in [5, 5.41) is 4.39. The van der Waals surface area contributed by atoms with Gasteiger partial charge in [0.25, 0.3) is 5.78 Å². The molecule has 132 valence electrons. The van der Waals surface area contributed by atoms with E-state index in [0.717, 1.165) is 48.8 Å². The van der Waals surface area contributed by atoms with Gasteiger partial charge in [0.1, 0.15) is 18.0 Å². The molecule has 0 aliphatic carbocycles. The van der Waals surface area contributed by atoms with Crippen molar-refractivity contribution < 1.29 is 0 Å². The lowest BCUT2D eigenvalue weighted by atomic mass is 10.2. The molecule has 0 radical (unpaired) electrons. The second-order valence-corrected chi connectivity index (χ2v) is 6.78. The summed E-state index contributed by atoms with van der Waals surface area (Å²) >= 11 is 0. The molecule has 0 saturated carbocycles. The third-order valence-corrected chi connectivity index (χ3v) is 5.21. The fraction of sp³-hybridized carbons (Fsp3) is 0.368. The molecule has 3 aromatic heterocycles. The minimum atomic E-state index is 0.233. The molecule has 0 unspecified atom stereocenters. The number of fused-ring (bicyclic) bond motifs is 2. The maximum Gasteiger partial charge on any atom is 0.254 e. The van der Waals surface area contributed by atoms with Gasteiger partial charge in [-0.05, 0) is 38.8 Å². The number of para-hydroxylation sites is 2. The van der Waals surface area contributed by atoms with E-state index >= 15 is 0 Å². The molecular weight excluding hydrogens is 326 g/mol. The highest BCUT2D eigenvalue weighted by Crippen LogP contribution is 2.37. The Balaban J connectivity index is 1.67. The van der Waals surface area contributed by atoms with Gasteiger partial charge in [-0.25, -0.2) is 9.97 Å². The molecule has 26 heavy (non-hydrogen) atoms. The maximum atomic E-state index is 4.99. The maximum absolute atomic E-state index is 4.99.